The van der Waals surface area contributed by atoms with Crippen molar-refractivity contribution in [2.75, 3.05) is 19.6 Å². The first-order valence-corrected chi connectivity index (χ1v) is 6.48. The number of para-hydroxylation sites is 1. The quantitative estimate of drug-likeness (QED) is 0.858. The van der Waals surface area contributed by atoms with Crippen LogP contribution in [0.2, 0.25) is 0 Å². The molecule has 0 saturated carbocycles. The van der Waals surface area contributed by atoms with Crippen molar-refractivity contribution in [1.82, 2.24) is 4.90 Å². The molecule has 0 aliphatic carbocycles. The van der Waals surface area contributed by atoms with Crippen molar-refractivity contribution < 1.29 is 9.53 Å². The van der Waals surface area contributed by atoms with Crippen LogP contribution in [0.5, 0.6) is 5.75 Å². The average Bonchev–Trinajstić information content (AvgIpc) is 2.93. The predicted octanol–water partition coefficient (Wildman–Crippen LogP) is 0.797. The Kier molecular flexibility index (Phi) is 2.96. The molecule has 2 aliphatic rings. The van der Waals surface area contributed by atoms with Gasteiger partial charge in [0.2, 0.25) is 5.91 Å². The third-order valence-electron chi connectivity index (χ3n) is 3.77. The van der Waals surface area contributed by atoms with E-state index >= 15 is 0 Å². The van der Waals surface area contributed by atoms with E-state index in [0.717, 1.165) is 18.7 Å². The van der Waals surface area contributed by atoms with Crippen LogP contribution in [0.1, 0.15) is 12.0 Å². The smallest absolute Gasteiger partial charge is 0.223 e. The molecule has 0 bridgehead atoms. The molecule has 3 rings (SSSR count). The predicted molar refractivity (Wildman–Crippen MR) is 68.3 cm³/mol. The molecule has 96 valence electrons. The van der Waals surface area contributed by atoms with E-state index in [1.807, 2.05) is 23.1 Å². The molecule has 4 nitrogen and oxygen atoms in total. The van der Waals surface area contributed by atoms with Gasteiger partial charge in [-0.15, -0.1) is 0 Å². The molecule has 18 heavy (non-hydrogen) atoms. The third kappa shape index (κ3) is 2.08. The number of hydrogen-bond acceptors (Lipinski definition) is 3. The number of fused-ring (bicyclic) bond motifs is 1. The normalized spacial score (nSPS) is 26.3. The molecule has 1 amide bonds. The van der Waals surface area contributed by atoms with Crippen LogP contribution in [0.25, 0.3) is 0 Å². The molecule has 2 aliphatic heterocycles. The Morgan fingerprint density at radius 1 is 1.33 bits per heavy atom. The number of hydrogen-bond donors (Lipinski definition) is 1. The molecule has 2 heterocycles. The first-order valence-electron chi connectivity index (χ1n) is 6.48. The zero-order chi connectivity index (χ0) is 12.5. The van der Waals surface area contributed by atoms with Crippen LogP contribution in [0.3, 0.4) is 0 Å². The summed E-state index contributed by atoms with van der Waals surface area (Å²) in [5.41, 5.74) is 6.87. The van der Waals surface area contributed by atoms with E-state index in [9.17, 15) is 4.79 Å². The Morgan fingerprint density at radius 2 is 2.17 bits per heavy atom. The number of benzene rings is 1. The van der Waals surface area contributed by atoms with Gasteiger partial charge in [0, 0.05) is 19.4 Å². The summed E-state index contributed by atoms with van der Waals surface area (Å²) in [6.45, 7) is 2.06. The van der Waals surface area contributed by atoms with E-state index in [4.69, 9.17) is 10.5 Å². The van der Waals surface area contributed by atoms with Crippen molar-refractivity contribution in [3.8, 4) is 5.75 Å². The van der Waals surface area contributed by atoms with E-state index in [-0.39, 0.29) is 12.0 Å². The minimum Gasteiger partial charge on any atom is -0.488 e. The second kappa shape index (κ2) is 4.61. The topological polar surface area (TPSA) is 55.6 Å². The second-order valence-electron chi connectivity index (χ2n) is 5.16. The van der Waals surface area contributed by atoms with Crippen LogP contribution < -0.4 is 10.5 Å². The van der Waals surface area contributed by atoms with Gasteiger partial charge in [-0.2, -0.15) is 0 Å². The zero-order valence-corrected chi connectivity index (χ0v) is 10.3. The fourth-order valence-electron chi connectivity index (χ4n) is 2.79. The van der Waals surface area contributed by atoms with E-state index in [1.165, 1.54) is 5.56 Å². The zero-order valence-electron chi connectivity index (χ0n) is 10.3. The van der Waals surface area contributed by atoms with Gasteiger partial charge in [-0.1, -0.05) is 18.2 Å². The lowest BCUT2D eigenvalue weighted by Crippen LogP contribution is -2.36. The van der Waals surface area contributed by atoms with Crippen molar-refractivity contribution in [2.45, 2.75) is 18.9 Å². The van der Waals surface area contributed by atoms with Gasteiger partial charge in [0.15, 0.2) is 0 Å². The Morgan fingerprint density at radius 3 is 2.89 bits per heavy atom. The van der Waals surface area contributed by atoms with Crippen LogP contribution in [0.15, 0.2) is 24.3 Å². The first kappa shape index (κ1) is 11.5. The van der Waals surface area contributed by atoms with Crippen LogP contribution >= 0.6 is 0 Å². The van der Waals surface area contributed by atoms with Crippen LogP contribution in [-0.4, -0.2) is 36.5 Å². The molecular formula is C14H18N2O2. The summed E-state index contributed by atoms with van der Waals surface area (Å²) in [5.74, 6) is 1.50. The number of ether oxygens (including phenoxy) is 1. The summed E-state index contributed by atoms with van der Waals surface area (Å²) < 4.78 is 5.86. The molecule has 2 N–H and O–H groups in total. The summed E-state index contributed by atoms with van der Waals surface area (Å²) in [4.78, 5) is 13.7. The van der Waals surface area contributed by atoms with E-state index in [2.05, 4.69) is 6.07 Å². The SMILES string of the molecule is NCC1CC(=O)N(CC2Cc3ccccc3O2)C1. The van der Waals surface area contributed by atoms with Gasteiger partial charge in [0.1, 0.15) is 11.9 Å². The van der Waals surface area contributed by atoms with Gasteiger partial charge in [0.05, 0.1) is 6.54 Å². The number of rotatable bonds is 3. The molecular weight excluding hydrogens is 228 g/mol. The number of carbonyl (C=O) groups is 1. The molecule has 1 aromatic rings. The monoisotopic (exact) mass is 246 g/mol. The Labute approximate surface area is 107 Å². The average molecular weight is 246 g/mol. The highest BCUT2D eigenvalue weighted by Crippen LogP contribution is 2.29. The molecule has 2 atom stereocenters. The summed E-state index contributed by atoms with van der Waals surface area (Å²) in [6.07, 6.45) is 1.59. The van der Waals surface area contributed by atoms with Crippen LogP contribution in [-0.2, 0) is 11.2 Å². The maximum absolute atomic E-state index is 11.8. The summed E-state index contributed by atoms with van der Waals surface area (Å²) in [7, 11) is 0. The first-order chi connectivity index (χ1) is 8.76. The van der Waals surface area contributed by atoms with Gasteiger partial charge < -0.3 is 15.4 Å². The van der Waals surface area contributed by atoms with Crippen LogP contribution in [0.4, 0.5) is 0 Å². The summed E-state index contributed by atoms with van der Waals surface area (Å²) in [6, 6.07) is 8.08. The molecule has 2 unspecified atom stereocenters. The molecule has 0 radical (unpaired) electrons. The van der Waals surface area contributed by atoms with E-state index in [1.54, 1.807) is 0 Å². The fourth-order valence-corrected chi connectivity index (χ4v) is 2.79. The highest BCUT2D eigenvalue weighted by Gasteiger charge is 2.32. The van der Waals surface area contributed by atoms with Crippen molar-refractivity contribution in [3.05, 3.63) is 29.8 Å². The molecule has 1 fully saturated rings. The third-order valence-corrected chi connectivity index (χ3v) is 3.77. The number of likely N-dealkylation sites (tertiary alicyclic amines) is 1. The largest absolute Gasteiger partial charge is 0.488 e. The van der Waals surface area contributed by atoms with E-state index < -0.39 is 0 Å². The number of amides is 1. The highest BCUT2D eigenvalue weighted by molar-refractivity contribution is 5.78. The Bertz CT molecular complexity index is 436. The van der Waals surface area contributed by atoms with Crippen LogP contribution in [0, 0.1) is 5.92 Å². The van der Waals surface area contributed by atoms with E-state index in [0.29, 0.717) is 25.4 Å². The van der Waals surface area contributed by atoms with Gasteiger partial charge >= 0.3 is 0 Å². The number of nitrogens with two attached hydrogens (primary N) is 1. The lowest BCUT2D eigenvalue weighted by atomic mass is 10.1. The van der Waals surface area contributed by atoms with Crippen molar-refractivity contribution in [2.24, 2.45) is 11.7 Å². The lowest BCUT2D eigenvalue weighted by Gasteiger charge is -2.20. The molecule has 1 saturated heterocycles. The summed E-state index contributed by atoms with van der Waals surface area (Å²) in [5, 5.41) is 0. The molecule has 1 aromatic carbocycles. The molecule has 0 spiro atoms. The fraction of sp³-hybridized carbons (Fsp3) is 0.500. The van der Waals surface area contributed by atoms with Crippen molar-refractivity contribution >= 4 is 5.91 Å². The number of nitrogens with zero attached hydrogens (tertiary/aromatic N) is 1. The minimum absolute atomic E-state index is 0.0999. The maximum Gasteiger partial charge on any atom is 0.223 e. The second-order valence-corrected chi connectivity index (χ2v) is 5.16. The number of carbonyl (C=O) groups excluding carboxylic acids is 1. The summed E-state index contributed by atoms with van der Waals surface area (Å²) >= 11 is 0. The standard InChI is InChI=1S/C14H18N2O2/c15-7-10-5-14(17)16(8-10)9-12-6-11-3-1-2-4-13(11)18-12/h1-4,10,12H,5-9,15H2. The van der Waals surface area contributed by atoms with Crippen molar-refractivity contribution in [1.29, 1.82) is 0 Å². The molecule has 0 aromatic heterocycles. The highest BCUT2D eigenvalue weighted by atomic mass is 16.5. The molecule has 4 heteroatoms. The Hall–Kier alpha value is -1.55. The van der Waals surface area contributed by atoms with Gasteiger partial charge in [-0.25, -0.2) is 0 Å². The minimum atomic E-state index is 0.0999. The van der Waals surface area contributed by atoms with Gasteiger partial charge in [-0.05, 0) is 24.1 Å². The van der Waals surface area contributed by atoms with Gasteiger partial charge in [0.25, 0.3) is 0 Å². The van der Waals surface area contributed by atoms with Crippen molar-refractivity contribution in [3.63, 3.8) is 0 Å². The Balaban J connectivity index is 1.61. The van der Waals surface area contributed by atoms with Gasteiger partial charge in [-0.3, -0.25) is 4.79 Å². The maximum atomic E-state index is 11.8. The lowest BCUT2D eigenvalue weighted by molar-refractivity contribution is -0.128.